The number of H-pyrrole nitrogens is 1. The Labute approximate surface area is 126 Å². The van der Waals surface area contributed by atoms with Crippen molar-refractivity contribution in [2.75, 3.05) is 20.3 Å². The number of aromatic amines is 1. The Morgan fingerprint density at radius 2 is 2.19 bits per heavy atom. The van der Waals surface area contributed by atoms with Crippen molar-refractivity contribution < 1.29 is 13.9 Å². The van der Waals surface area contributed by atoms with E-state index in [2.05, 4.69) is 10.2 Å². The Morgan fingerprint density at radius 1 is 1.43 bits per heavy atom. The molecule has 7 heteroatoms. The Kier molecular flexibility index (Phi) is 3.85. The Balaban J connectivity index is 1.77. The Hall–Kier alpha value is -1.99. The molecule has 2 aromatic rings. The minimum atomic E-state index is -0.0139. The fourth-order valence-corrected chi connectivity index (χ4v) is 2.43. The lowest BCUT2D eigenvalue weighted by Crippen LogP contribution is -2.37. The first-order valence-corrected chi connectivity index (χ1v) is 7.07. The van der Waals surface area contributed by atoms with Gasteiger partial charge in [-0.25, -0.2) is 5.10 Å². The molecule has 0 aliphatic carbocycles. The summed E-state index contributed by atoms with van der Waals surface area (Å²) in [6.07, 6.45) is 0.883. The molecule has 1 amide bonds. The number of nitrogens with zero attached hydrogens (tertiary/aromatic N) is 2. The van der Waals surface area contributed by atoms with Crippen LogP contribution in [0.25, 0.3) is 11.5 Å². The Bertz CT molecular complexity index is 686. The van der Waals surface area contributed by atoms with E-state index >= 15 is 0 Å². The van der Waals surface area contributed by atoms with Gasteiger partial charge in [-0.05, 0) is 42.9 Å². The molecule has 1 aliphatic heterocycles. The predicted octanol–water partition coefficient (Wildman–Crippen LogP) is 2.26. The maximum absolute atomic E-state index is 12.4. The largest absolute Gasteiger partial charge is 0.409 e. The first-order valence-electron chi connectivity index (χ1n) is 6.66. The summed E-state index contributed by atoms with van der Waals surface area (Å²) in [5, 5.41) is 6.52. The highest BCUT2D eigenvalue weighted by Crippen LogP contribution is 2.19. The van der Waals surface area contributed by atoms with Crippen LogP contribution in [0.1, 0.15) is 16.8 Å². The number of hydrogen-bond donors (Lipinski definition) is 1. The van der Waals surface area contributed by atoms with Gasteiger partial charge in [-0.3, -0.25) is 4.79 Å². The molecule has 110 valence electrons. The second kappa shape index (κ2) is 5.79. The number of carbonyl (C=O) groups excluding carboxylic acids is 1. The molecular formula is C14H15N3O3S. The summed E-state index contributed by atoms with van der Waals surface area (Å²) in [7, 11) is 1.81. The van der Waals surface area contributed by atoms with E-state index in [0.29, 0.717) is 24.7 Å². The number of amides is 1. The smallest absolute Gasteiger partial charge is 0.284 e. The zero-order chi connectivity index (χ0) is 14.8. The van der Waals surface area contributed by atoms with Crippen LogP contribution in [-0.4, -0.2) is 47.3 Å². The molecule has 2 heterocycles. The molecule has 1 saturated heterocycles. The zero-order valence-corrected chi connectivity index (χ0v) is 12.4. The number of nitrogens with one attached hydrogen (secondary N) is 1. The van der Waals surface area contributed by atoms with E-state index in [-0.39, 0.29) is 16.8 Å². The molecule has 6 nitrogen and oxygen atoms in total. The van der Waals surface area contributed by atoms with Gasteiger partial charge in [-0.15, -0.1) is 5.10 Å². The van der Waals surface area contributed by atoms with Crippen LogP contribution in [-0.2, 0) is 4.74 Å². The standard InChI is InChI=1S/C14H15N3O3S/c1-17(11-6-7-19-8-11)13(18)10-4-2-9(3-5-10)12-15-16-14(21)20-12/h2-5,11H,6-8H2,1H3,(H,16,21)/t11-/m1/s1. The third-order valence-corrected chi connectivity index (χ3v) is 3.77. The molecule has 1 aromatic carbocycles. The maximum Gasteiger partial charge on any atom is 0.284 e. The number of rotatable bonds is 3. The molecule has 0 bridgehead atoms. The van der Waals surface area contributed by atoms with Crippen LogP contribution >= 0.6 is 12.2 Å². The highest BCUT2D eigenvalue weighted by atomic mass is 32.1. The summed E-state index contributed by atoms with van der Waals surface area (Å²) in [6.45, 7) is 1.32. The van der Waals surface area contributed by atoms with Gasteiger partial charge in [0.05, 0.1) is 12.6 Å². The minimum absolute atomic E-state index is 0.0139. The number of carbonyl (C=O) groups is 1. The van der Waals surface area contributed by atoms with Gasteiger partial charge in [0, 0.05) is 24.8 Å². The molecule has 0 radical (unpaired) electrons. The van der Waals surface area contributed by atoms with Crippen molar-refractivity contribution in [3.63, 3.8) is 0 Å². The highest BCUT2D eigenvalue weighted by Gasteiger charge is 2.24. The van der Waals surface area contributed by atoms with Crippen molar-refractivity contribution in [2.24, 2.45) is 0 Å². The normalized spacial score (nSPS) is 17.9. The monoisotopic (exact) mass is 305 g/mol. The molecule has 1 aromatic heterocycles. The lowest BCUT2D eigenvalue weighted by atomic mass is 10.1. The number of benzene rings is 1. The summed E-state index contributed by atoms with van der Waals surface area (Å²) in [5.41, 5.74) is 1.40. The van der Waals surface area contributed by atoms with Gasteiger partial charge in [-0.2, -0.15) is 0 Å². The van der Waals surface area contributed by atoms with Gasteiger partial charge in [0.15, 0.2) is 0 Å². The van der Waals surface area contributed by atoms with E-state index in [4.69, 9.17) is 21.4 Å². The fourth-order valence-electron chi connectivity index (χ4n) is 2.31. The maximum atomic E-state index is 12.4. The molecular weight excluding hydrogens is 290 g/mol. The topological polar surface area (TPSA) is 71.4 Å². The second-order valence-corrected chi connectivity index (χ2v) is 5.30. The van der Waals surface area contributed by atoms with Crippen LogP contribution < -0.4 is 0 Å². The number of ether oxygens (including phenoxy) is 1. The van der Waals surface area contributed by atoms with Crippen LogP contribution in [0.3, 0.4) is 0 Å². The van der Waals surface area contributed by atoms with Crippen molar-refractivity contribution in [1.82, 2.24) is 15.1 Å². The van der Waals surface area contributed by atoms with Crippen LogP contribution in [0.4, 0.5) is 0 Å². The van der Waals surface area contributed by atoms with Gasteiger partial charge in [0.1, 0.15) is 0 Å². The SMILES string of the molecule is CN(C(=O)c1ccc(-c2n[nH]c(=S)o2)cc1)[C@@H]1CCOC1. The van der Waals surface area contributed by atoms with Crippen LogP contribution in [0, 0.1) is 4.84 Å². The third kappa shape index (κ3) is 2.88. The van der Waals surface area contributed by atoms with Crippen molar-refractivity contribution >= 4 is 18.1 Å². The first-order chi connectivity index (χ1) is 10.1. The number of hydrogen-bond acceptors (Lipinski definition) is 5. The molecule has 21 heavy (non-hydrogen) atoms. The van der Waals surface area contributed by atoms with Gasteiger partial charge in [0.25, 0.3) is 10.7 Å². The summed E-state index contributed by atoms with van der Waals surface area (Å²) in [6, 6.07) is 7.26. The van der Waals surface area contributed by atoms with Crippen molar-refractivity contribution in [3.8, 4) is 11.5 Å². The molecule has 1 aliphatic rings. The highest BCUT2D eigenvalue weighted by molar-refractivity contribution is 7.71. The quantitative estimate of drug-likeness (QED) is 0.881. The van der Waals surface area contributed by atoms with Gasteiger partial charge < -0.3 is 14.1 Å². The predicted molar refractivity (Wildman–Crippen MR) is 78.4 cm³/mol. The molecule has 1 atom stereocenters. The molecule has 3 rings (SSSR count). The summed E-state index contributed by atoms with van der Waals surface area (Å²) in [5.74, 6) is 0.400. The van der Waals surface area contributed by atoms with E-state index < -0.39 is 0 Å². The van der Waals surface area contributed by atoms with Gasteiger partial charge in [-0.1, -0.05) is 0 Å². The zero-order valence-electron chi connectivity index (χ0n) is 11.5. The van der Waals surface area contributed by atoms with Crippen LogP contribution in [0.15, 0.2) is 28.7 Å². The van der Waals surface area contributed by atoms with Crippen molar-refractivity contribution in [2.45, 2.75) is 12.5 Å². The third-order valence-electron chi connectivity index (χ3n) is 3.59. The fraction of sp³-hybridized carbons (Fsp3) is 0.357. The molecule has 0 saturated carbocycles. The van der Waals surface area contributed by atoms with E-state index in [0.717, 1.165) is 12.0 Å². The average Bonchev–Trinajstić information content (AvgIpc) is 3.17. The minimum Gasteiger partial charge on any atom is -0.409 e. The van der Waals surface area contributed by atoms with E-state index in [9.17, 15) is 4.79 Å². The lowest BCUT2D eigenvalue weighted by Gasteiger charge is -2.23. The molecule has 1 N–H and O–H groups in total. The number of likely N-dealkylation sites (N-methyl/N-ethyl adjacent to an activating group) is 1. The molecule has 1 fully saturated rings. The summed E-state index contributed by atoms with van der Waals surface area (Å²) >= 11 is 4.84. The first kappa shape index (κ1) is 14.0. The van der Waals surface area contributed by atoms with Gasteiger partial charge >= 0.3 is 0 Å². The summed E-state index contributed by atoms with van der Waals surface area (Å²) < 4.78 is 10.6. The van der Waals surface area contributed by atoms with Crippen LogP contribution in [0.5, 0.6) is 0 Å². The van der Waals surface area contributed by atoms with E-state index in [1.54, 1.807) is 29.2 Å². The van der Waals surface area contributed by atoms with E-state index in [1.165, 1.54) is 0 Å². The van der Waals surface area contributed by atoms with Crippen molar-refractivity contribution in [3.05, 3.63) is 34.7 Å². The van der Waals surface area contributed by atoms with Crippen LogP contribution in [0.2, 0.25) is 0 Å². The molecule has 0 unspecified atom stereocenters. The van der Waals surface area contributed by atoms with Crippen molar-refractivity contribution in [1.29, 1.82) is 0 Å². The average molecular weight is 305 g/mol. The molecule has 0 spiro atoms. The van der Waals surface area contributed by atoms with Gasteiger partial charge in [0.2, 0.25) is 5.89 Å². The summed E-state index contributed by atoms with van der Waals surface area (Å²) in [4.78, 5) is 14.4. The second-order valence-electron chi connectivity index (χ2n) is 4.93. The number of aromatic nitrogens is 2. The Morgan fingerprint density at radius 3 is 2.76 bits per heavy atom. The van der Waals surface area contributed by atoms with E-state index in [1.807, 2.05) is 7.05 Å². The lowest BCUT2D eigenvalue weighted by molar-refractivity contribution is 0.0711.